The first-order valence-corrected chi connectivity index (χ1v) is 12.7. The topological polar surface area (TPSA) is 77.9 Å². The van der Waals surface area contributed by atoms with Gasteiger partial charge in [0.25, 0.3) is 0 Å². The lowest BCUT2D eigenvalue weighted by Gasteiger charge is -2.41. The van der Waals surface area contributed by atoms with Crippen LogP contribution in [0.15, 0.2) is 41.3 Å². The van der Waals surface area contributed by atoms with Crippen LogP contribution in [0.4, 0.5) is 18.9 Å². The molecule has 1 fully saturated rings. The highest BCUT2D eigenvalue weighted by Crippen LogP contribution is 2.38. The van der Waals surface area contributed by atoms with E-state index in [0.717, 1.165) is 11.6 Å². The number of rotatable bonds is 5. The molecule has 0 amide bonds. The van der Waals surface area contributed by atoms with Crippen molar-refractivity contribution in [3.63, 3.8) is 0 Å². The highest BCUT2D eigenvalue weighted by Gasteiger charge is 2.38. The number of alkyl halides is 3. The Morgan fingerprint density at radius 2 is 1.91 bits per heavy atom. The number of halogens is 4. The number of hydrogen-bond acceptors (Lipinski definition) is 4. The molecule has 2 aromatic carbocycles. The molecule has 1 heterocycles. The molecule has 0 radical (unpaired) electrons. The summed E-state index contributed by atoms with van der Waals surface area (Å²) in [6, 6.07) is 7.81. The molecule has 11 heteroatoms. The zero-order valence-corrected chi connectivity index (χ0v) is 19.9. The van der Waals surface area contributed by atoms with Gasteiger partial charge in [-0.2, -0.15) is 17.5 Å². The summed E-state index contributed by atoms with van der Waals surface area (Å²) in [6.07, 6.45) is -3.02. The van der Waals surface area contributed by atoms with E-state index in [4.69, 9.17) is 11.6 Å². The van der Waals surface area contributed by atoms with Gasteiger partial charge >= 0.3 is 12.1 Å². The van der Waals surface area contributed by atoms with Crippen molar-refractivity contribution < 1.29 is 31.5 Å². The molecule has 2 aromatic rings. The van der Waals surface area contributed by atoms with E-state index in [1.54, 1.807) is 6.07 Å². The van der Waals surface area contributed by atoms with Gasteiger partial charge in [0.05, 0.1) is 21.4 Å². The minimum Gasteiger partial charge on any atom is -0.481 e. The van der Waals surface area contributed by atoms with Crippen molar-refractivity contribution in [2.45, 2.75) is 49.2 Å². The standard InChI is InChI=1S/C23H24ClF3N2O4S/c1-2-15-13-28(16-5-8-20(21(24)11-16)23(25,26)27)9-10-29(15)34(32,33)17-6-3-14-4-7-18(22(30)31)19(14)12-17/h3,5-6,8,11-12,15,18H,2,4,7,9-10,13H2,1H3,(H,30,31). The smallest absolute Gasteiger partial charge is 0.417 e. The van der Waals surface area contributed by atoms with E-state index >= 15 is 0 Å². The molecule has 6 nitrogen and oxygen atoms in total. The van der Waals surface area contributed by atoms with Gasteiger partial charge in [0.15, 0.2) is 0 Å². The summed E-state index contributed by atoms with van der Waals surface area (Å²) in [5, 5.41) is 9.06. The number of sulfonamides is 1. The van der Waals surface area contributed by atoms with Gasteiger partial charge in [-0.25, -0.2) is 8.42 Å². The number of hydrogen-bond donors (Lipinski definition) is 1. The van der Waals surface area contributed by atoms with Crippen molar-refractivity contribution in [3.8, 4) is 0 Å². The largest absolute Gasteiger partial charge is 0.481 e. The zero-order chi connectivity index (χ0) is 24.8. The van der Waals surface area contributed by atoms with E-state index in [2.05, 4.69) is 0 Å². The van der Waals surface area contributed by atoms with Crippen molar-refractivity contribution >= 4 is 33.3 Å². The highest BCUT2D eigenvalue weighted by atomic mass is 35.5. The summed E-state index contributed by atoms with van der Waals surface area (Å²) in [4.78, 5) is 13.4. The van der Waals surface area contributed by atoms with E-state index < -0.39 is 44.7 Å². The average molecular weight is 517 g/mol. The summed E-state index contributed by atoms with van der Waals surface area (Å²) in [7, 11) is -3.89. The summed E-state index contributed by atoms with van der Waals surface area (Å²) in [6.45, 7) is 2.55. The van der Waals surface area contributed by atoms with Gasteiger partial charge in [0, 0.05) is 31.4 Å². The first-order valence-electron chi connectivity index (χ1n) is 10.9. The Labute approximate surface area is 201 Å². The fourth-order valence-electron chi connectivity index (χ4n) is 4.79. The van der Waals surface area contributed by atoms with Crippen LogP contribution in [0, 0.1) is 0 Å². The van der Waals surface area contributed by atoms with Gasteiger partial charge < -0.3 is 10.0 Å². The Kier molecular flexibility index (Phi) is 6.61. The van der Waals surface area contributed by atoms with Gasteiger partial charge in [-0.1, -0.05) is 24.6 Å². The molecule has 1 N–H and O–H groups in total. The van der Waals surface area contributed by atoms with Crippen LogP contribution >= 0.6 is 11.6 Å². The number of nitrogens with zero attached hydrogens (tertiary/aromatic N) is 2. The van der Waals surface area contributed by atoms with E-state index in [0.29, 0.717) is 37.1 Å². The second-order valence-electron chi connectivity index (χ2n) is 8.58. The molecule has 2 aliphatic rings. The maximum atomic E-state index is 13.5. The second kappa shape index (κ2) is 9.05. The number of piperazine rings is 1. The molecule has 0 saturated carbocycles. The van der Waals surface area contributed by atoms with Crippen molar-refractivity contribution in [1.29, 1.82) is 0 Å². The molecule has 1 aliphatic carbocycles. The van der Waals surface area contributed by atoms with Crippen LogP contribution in [0.1, 0.15) is 42.4 Å². The van der Waals surface area contributed by atoms with Crippen molar-refractivity contribution in [2.24, 2.45) is 0 Å². The Balaban J connectivity index is 1.58. The van der Waals surface area contributed by atoms with Crippen LogP contribution in [0.2, 0.25) is 5.02 Å². The van der Waals surface area contributed by atoms with Crippen LogP contribution in [-0.2, 0) is 27.4 Å². The normalized spacial score (nSPS) is 21.5. The number of anilines is 1. The lowest BCUT2D eigenvalue weighted by molar-refractivity contribution is -0.139. The Morgan fingerprint density at radius 3 is 2.53 bits per heavy atom. The maximum absolute atomic E-state index is 13.5. The van der Waals surface area contributed by atoms with E-state index in [1.807, 2.05) is 11.8 Å². The molecule has 0 bridgehead atoms. The van der Waals surface area contributed by atoms with Crippen molar-refractivity contribution in [2.75, 3.05) is 24.5 Å². The SMILES string of the molecule is CCC1CN(c2ccc(C(F)(F)F)c(Cl)c2)CCN1S(=O)(=O)c1ccc2c(c1)C(C(=O)O)CC2. The Bertz CT molecular complexity index is 1220. The summed E-state index contributed by atoms with van der Waals surface area (Å²) in [5.74, 6) is -1.68. The van der Waals surface area contributed by atoms with Crippen molar-refractivity contribution in [3.05, 3.63) is 58.1 Å². The molecule has 1 aliphatic heterocycles. The van der Waals surface area contributed by atoms with Crippen LogP contribution in [0.3, 0.4) is 0 Å². The van der Waals surface area contributed by atoms with Crippen LogP contribution in [0.25, 0.3) is 0 Å². The molecule has 2 unspecified atom stereocenters. The highest BCUT2D eigenvalue weighted by molar-refractivity contribution is 7.89. The number of fused-ring (bicyclic) bond motifs is 1. The van der Waals surface area contributed by atoms with Gasteiger partial charge in [-0.15, -0.1) is 0 Å². The number of aryl methyl sites for hydroxylation is 1. The van der Waals surface area contributed by atoms with E-state index in [-0.39, 0.29) is 18.0 Å². The Morgan fingerprint density at radius 1 is 1.18 bits per heavy atom. The third kappa shape index (κ3) is 4.50. The van der Waals surface area contributed by atoms with Gasteiger partial charge in [-0.05, 0) is 60.7 Å². The van der Waals surface area contributed by atoms with Gasteiger partial charge in [0.2, 0.25) is 10.0 Å². The first kappa shape index (κ1) is 24.8. The zero-order valence-electron chi connectivity index (χ0n) is 18.3. The van der Waals surface area contributed by atoms with E-state index in [1.165, 1.54) is 28.6 Å². The Hall–Kier alpha value is -2.30. The quantitative estimate of drug-likeness (QED) is 0.620. The molecule has 0 spiro atoms. The fraction of sp³-hybridized carbons (Fsp3) is 0.435. The number of carboxylic acids is 1. The predicted molar refractivity (Wildman–Crippen MR) is 122 cm³/mol. The monoisotopic (exact) mass is 516 g/mol. The van der Waals surface area contributed by atoms with E-state index in [9.17, 15) is 31.5 Å². The summed E-state index contributed by atoms with van der Waals surface area (Å²) in [5.41, 5.74) is 0.972. The summed E-state index contributed by atoms with van der Waals surface area (Å²) < 4.78 is 67.5. The molecule has 4 rings (SSSR count). The number of aliphatic carboxylic acids is 1. The maximum Gasteiger partial charge on any atom is 0.417 e. The minimum atomic E-state index is -4.55. The van der Waals surface area contributed by atoms with Gasteiger partial charge in [-0.3, -0.25) is 4.79 Å². The van der Waals surface area contributed by atoms with Crippen LogP contribution in [-0.4, -0.2) is 49.5 Å². The lowest BCUT2D eigenvalue weighted by Crippen LogP contribution is -2.55. The third-order valence-corrected chi connectivity index (χ3v) is 8.88. The molecular weight excluding hydrogens is 493 g/mol. The third-order valence-electron chi connectivity index (χ3n) is 6.62. The molecule has 1 saturated heterocycles. The van der Waals surface area contributed by atoms with Crippen LogP contribution < -0.4 is 4.90 Å². The van der Waals surface area contributed by atoms with Crippen LogP contribution in [0.5, 0.6) is 0 Å². The average Bonchev–Trinajstić information content (AvgIpc) is 3.21. The molecule has 0 aromatic heterocycles. The first-order chi connectivity index (χ1) is 15.9. The second-order valence-corrected chi connectivity index (χ2v) is 10.9. The molecular formula is C23H24ClF3N2O4S. The van der Waals surface area contributed by atoms with Crippen molar-refractivity contribution in [1.82, 2.24) is 4.31 Å². The predicted octanol–water partition coefficient (Wildman–Crippen LogP) is 4.76. The molecule has 34 heavy (non-hydrogen) atoms. The number of carboxylic acid groups (broad SMARTS) is 1. The fourth-order valence-corrected chi connectivity index (χ4v) is 6.78. The summed E-state index contributed by atoms with van der Waals surface area (Å²) >= 11 is 5.87. The molecule has 184 valence electrons. The van der Waals surface area contributed by atoms with Gasteiger partial charge in [0.1, 0.15) is 0 Å². The lowest BCUT2D eigenvalue weighted by atomic mass is 10.0. The number of benzene rings is 2. The number of carbonyl (C=O) groups is 1. The molecule has 2 atom stereocenters. The minimum absolute atomic E-state index is 0.0591.